The fourth-order valence-corrected chi connectivity index (χ4v) is 4.28. The average Bonchev–Trinajstić information content (AvgIpc) is 2.58. The topological polar surface area (TPSA) is 74.3 Å². The van der Waals surface area contributed by atoms with Gasteiger partial charge in [-0.2, -0.15) is 5.06 Å². The van der Waals surface area contributed by atoms with Gasteiger partial charge in [-0.3, -0.25) is 14.4 Å². The Kier molecular flexibility index (Phi) is 6.69. The van der Waals surface area contributed by atoms with E-state index in [4.69, 9.17) is 19.0 Å². The molecule has 0 amide bonds. The molecule has 0 aromatic carbocycles. The van der Waals surface area contributed by atoms with E-state index in [-0.39, 0.29) is 11.1 Å². The summed E-state index contributed by atoms with van der Waals surface area (Å²) in [6.45, 7) is 9.10. The maximum Gasteiger partial charge on any atom is 0.320 e. The Balaban J connectivity index is 2.27. The number of ether oxygens (including phenoxy) is 3. The van der Waals surface area contributed by atoms with E-state index in [9.17, 15) is 9.59 Å². The number of hydrogen-bond donors (Lipinski definition) is 0. The Hall–Kier alpha value is -1.18. The Bertz CT molecular complexity index is 486. The highest BCUT2D eigenvalue weighted by atomic mass is 16.8. The minimum Gasteiger partial charge on any atom is -0.468 e. The molecule has 2 saturated heterocycles. The molecule has 26 heavy (non-hydrogen) atoms. The number of esters is 2. The third kappa shape index (κ3) is 4.38. The lowest BCUT2D eigenvalue weighted by Gasteiger charge is -2.53. The van der Waals surface area contributed by atoms with Gasteiger partial charge in [0.05, 0.1) is 14.2 Å². The standard InChI is InChI=1S/C19H33NO6/c1-18(2)10-8-11-19(3,4)20(18)26-17-13(9-7-12-25-17)14(15(21)23-5)16(22)24-6/h13-14,17H,7-12H2,1-6H3. The summed E-state index contributed by atoms with van der Waals surface area (Å²) < 4.78 is 15.6. The number of piperidine rings is 1. The highest BCUT2D eigenvalue weighted by Crippen LogP contribution is 2.41. The van der Waals surface area contributed by atoms with Crippen molar-refractivity contribution in [3.05, 3.63) is 0 Å². The quantitative estimate of drug-likeness (QED) is 0.543. The summed E-state index contributed by atoms with van der Waals surface area (Å²) in [5.41, 5.74) is -0.335. The number of rotatable bonds is 5. The van der Waals surface area contributed by atoms with Gasteiger partial charge in [-0.1, -0.05) is 0 Å². The molecular weight excluding hydrogens is 338 g/mol. The van der Waals surface area contributed by atoms with E-state index < -0.39 is 30.1 Å². The van der Waals surface area contributed by atoms with Crippen molar-refractivity contribution in [3.8, 4) is 0 Å². The summed E-state index contributed by atoms with van der Waals surface area (Å²) in [4.78, 5) is 30.9. The van der Waals surface area contributed by atoms with E-state index in [0.717, 1.165) is 25.7 Å². The second-order valence-electron chi connectivity index (χ2n) is 8.45. The molecule has 7 nitrogen and oxygen atoms in total. The van der Waals surface area contributed by atoms with Crippen LogP contribution in [0.4, 0.5) is 0 Å². The molecule has 7 heteroatoms. The van der Waals surface area contributed by atoms with Crippen LogP contribution in [0.5, 0.6) is 0 Å². The van der Waals surface area contributed by atoms with Crippen LogP contribution in [0.25, 0.3) is 0 Å². The van der Waals surface area contributed by atoms with E-state index in [0.29, 0.717) is 13.0 Å². The molecule has 0 spiro atoms. The van der Waals surface area contributed by atoms with Gasteiger partial charge in [0.15, 0.2) is 12.2 Å². The highest BCUT2D eigenvalue weighted by molar-refractivity contribution is 5.95. The Morgan fingerprint density at radius 2 is 1.54 bits per heavy atom. The van der Waals surface area contributed by atoms with Crippen LogP contribution in [-0.2, 0) is 28.6 Å². The predicted molar refractivity (Wildman–Crippen MR) is 94.9 cm³/mol. The summed E-state index contributed by atoms with van der Waals surface area (Å²) in [7, 11) is 2.54. The van der Waals surface area contributed by atoms with Crippen LogP contribution in [-0.4, -0.2) is 55.2 Å². The zero-order valence-electron chi connectivity index (χ0n) is 16.9. The lowest BCUT2D eigenvalue weighted by molar-refractivity contribution is -0.372. The molecule has 0 bridgehead atoms. The number of nitrogens with zero attached hydrogens (tertiary/aromatic N) is 1. The van der Waals surface area contributed by atoms with E-state index >= 15 is 0 Å². The summed E-state index contributed by atoms with van der Waals surface area (Å²) in [5, 5.41) is 2.00. The predicted octanol–water partition coefficient (Wildman–Crippen LogP) is 2.68. The van der Waals surface area contributed by atoms with E-state index in [2.05, 4.69) is 27.7 Å². The van der Waals surface area contributed by atoms with Crippen molar-refractivity contribution in [2.75, 3.05) is 20.8 Å². The normalized spacial score (nSPS) is 28.6. The summed E-state index contributed by atoms with van der Waals surface area (Å²) in [6.07, 6.45) is 3.83. The SMILES string of the molecule is COC(=O)C(C(=O)OC)C1CCCOC1ON1C(C)(C)CCCC1(C)C. The van der Waals surface area contributed by atoms with Crippen LogP contribution in [0.1, 0.15) is 59.8 Å². The molecule has 0 radical (unpaired) electrons. The maximum atomic E-state index is 12.3. The molecular formula is C19H33NO6. The third-order valence-corrected chi connectivity index (χ3v) is 5.54. The first kappa shape index (κ1) is 21.1. The molecule has 0 aromatic rings. The molecule has 0 saturated carbocycles. The number of carbonyl (C=O) groups is 2. The first-order valence-electron chi connectivity index (χ1n) is 9.38. The minimum absolute atomic E-state index is 0.168. The van der Waals surface area contributed by atoms with Gasteiger partial charge in [-0.15, -0.1) is 0 Å². The molecule has 2 aliphatic rings. The molecule has 150 valence electrons. The lowest BCUT2D eigenvalue weighted by atomic mass is 9.82. The van der Waals surface area contributed by atoms with Gasteiger partial charge < -0.3 is 14.2 Å². The monoisotopic (exact) mass is 371 g/mol. The first-order valence-corrected chi connectivity index (χ1v) is 9.38. The Labute approximate surface area is 156 Å². The molecule has 0 aliphatic carbocycles. The van der Waals surface area contributed by atoms with Crippen molar-refractivity contribution >= 4 is 11.9 Å². The Morgan fingerprint density at radius 1 is 1.00 bits per heavy atom. The molecule has 0 N–H and O–H groups in total. The number of methoxy groups -OCH3 is 2. The molecule has 2 heterocycles. The van der Waals surface area contributed by atoms with Gasteiger partial charge in [-0.25, -0.2) is 0 Å². The van der Waals surface area contributed by atoms with Crippen LogP contribution in [0.2, 0.25) is 0 Å². The van der Waals surface area contributed by atoms with Crippen LogP contribution in [0.15, 0.2) is 0 Å². The first-order chi connectivity index (χ1) is 12.1. The number of hydrogen-bond acceptors (Lipinski definition) is 7. The van der Waals surface area contributed by atoms with Crippen LogP contribution in [0.3, 0.4) is 0 Å². The van der Waals surface area contributed by atoms with E-state index in [1.165, 1.54) is 14.2 Å². The van der Waals surface area contributed by atoms with Gasteiger partial charge in [0.25, 0.3) is 0 Å². The lowest BCUT2D eigenvalue weighted by Crippen LogP contribution is -2.61. The van der Waals surface area contributed by atoms with Crippen molar-refractivity contribution in [2.45, 2.75) is 77.2 Å². The van der Waals surface area contributed by atoms with Crippen molar-refractivity contribution in [1.29, 1.82) is 0 Å². The number of hydroxylamine groups is 2. The summed E-state index contributed by atoms with van der Waals surface area (Å²) in [5.74, 6) is -2.72. The zero-order valence-corrected chi connectivity index (χ0v) is 16.9. The van der Waals surface area contributed by atoms with Gasteiger partial charge in [0.2, 0.25) is 0 Å². The van der Waals surface area contributed by atoms with Crippen molar-refractivity contribution in [3.63, 3.8) is 0 Å². The van der Waals surface area contributed by atoms with Crippen molar-refractivity contribution in [1.82, 2.24) is 5.06 Å². The molecule has 0 aromatic heterocycles. The van der Waals surface area contributed by atoms with E-state index in [1.54, 1.807) is 0 Å². The van der Waals surface area contributed by atoms with E-state index in [1.807, 2.05) is 5.06 Å². The number of carbonyl (C=O) groups excluding carboxylic acids is 2. The Morgan fingerprint density at radius 3 is 2.04 bits per heavy atom. The summed E-state index contributed by atoms with van der Waals surface area (Å²) >= 11 is 0. The smallest absolute Gasteiger partial charge is 0.320 e. The molecule has 2 fully saturated rings. The van der Waals surface area contributed by atoms with Crippen molar-refractivity contribution in [2.24, 2.45) is 11.8 Å². The second kappa shape index (κ2) is 8.23. The zero-order chi connectivity index (χ0) is 19.5. The molecule has 2 unspecified atom stereocenters. The summed E-state index contributed by atoms with van der Waals surface area (Å²) in [6, 6.07) is 0. The fraction of sp³-hybridized carbons (Fsp3) is 0.895. The molecule has 2 atom stereocenters. The highest BCUT2D eigenvalue weighted by Gasteiger charge is 2.49. The van der Waals surface area contributed by atoms with Crippen LogP contribution < -0.4 is 0 Å². The molecule has 2 aliphatic heterocycles. The third-order valence-electron chi connectivity index (χ3n) is 5.54. The minimum atomic E-state index is -1.05. The van der Waals surface area contributed by atoms with Crippen LogP contribution >= 0.6 is 0 Å². The van der Waals surface area contributed by atoms with Crippen LogP contribution in [0, 0.1) is 11.8 Å². The van der Waals surface area contributed by atoms with Gasteiger partial charge in [0.1, 0.15) is 0 Å². The van der Waals surface area contributed by atoms with Gasteiger partial charge in [0, 0.05) is 23.6 Å². The van der Waals surface area contributed by atoms with Gasteiger partial charge >= 0.3 is 11.9 Å². The maximum absolute atomic E-state index is 12.3. The fourth-order valence-electron chi connectivity index (χ4n) is 4.28. The molecule has 2 rings (SSSR count). The van der Waals surface area contributed by atoms with Gasteiger partial charge in [-0.05, 0) is 59.8 Å². The van der Waals surface area contributed by atoms with Crippen molar-refractivity contribution < 1.29 is 28.6 Å². The largest absolute Gasteiger partial charge is 0.468 e. The average molecular weight is 371 g/mol. The second-order valence-corrected chi connectivity index (χ2v) is 8.45.